The van der Waals surface area contributed by atoms with Crippen molar-refractivity contribution in [2.75, 3.05) is 25.6 Å². The topological polar surface area (TPSA) is 53.7 Å². The molecule has 0 heterocycles. The Balaban J connectivity index is 2.46. The van der Waals surface area contributed by atoms with Crippen LogP contribution >= 0.6 is 0 Å². The number of nitrogens with two attached hydrogens (primary N) is 1. The van der Waals surface area contributed by atoms with Crippen LogP contribution in [0.25, 0.3) is 0 Å². The van der Waals surface area contributed by atoms with Crippen molar-refractivity contribution >= 4 is 5.69 Å². The SMILES string of the molecule is CCCOc1cc(N)cc(OCCOC(C)(C)C)c1. The number of anilines is 1. The zero-order valence-corrected chi connectivity index (χ0v) is 12.4. The summed E-state index contributed by atoms with van der Waals surface area (Å²) in [6.07, 6.45) is 0.963. The first-order valence-corrected chi connectivity index (χ1v) is 6.71. The van der Waals surface area contributed by atoms with Gasteiger partial charge in [-0.3, -0.25) is 0 Å². The van der Waals surface area contributed by atoms with Gasteiger partial charge in [-0.05, 0) is 27.2 Å². The molecule has 4 heteroatoms. The van der Waals surface area contributed by atoms with Crippen molar-refractivity contribution < 1.29 is 14.2 Å². The van der Waals surface area contributed by atoms with Gasteiger partial charge in [0.25, 0.3) is 0 Å². The molecule has 0 saturated heterocycles. The Morgan fingerprint density at radius 2 is 1.53 bits per heavy atom. The van der Waals surface area contributed by atoms with Crippen LogP contribution in [0.2, 0.25) is 0 Å². The third-order valence-corrected chi connectivity index (χ3v) is 2.26. The van der Waals surface area contributed by atoms with Gasteiger partial charge in [-0.1, -0.05) is 6.92 Å². The highest BCUT2D eigenvalue weighted by Gasteiger charge is 2.09. The number of nitrogen functional groups attached to an aromatic ring is 1. The van der Waals surface area contributed by atoms with Gasteiger partial charge in [0.2, 0.25) is 0 Å². The molecule has 108 valence electrons. The smallest absolute Gasteiger partial charge is 0.125 e. The Bertz CT molecular complexity index is 385. The molecule has 0 aromatic heterocycles. The van der Waals surface area contributed by atoms with Crippen molar-refractivity contribution in [1.29, 1.82) is 0 Å². The summed E-state index contributed by atoms with van der Waals surface area (Å²) >= 11 is 0. The van der Waals surface area contributed by atoms with Crippen LogP contribution in [0, 0.1) is 0 Å². The van der Waals surface area contributed by atoms with Crippen LogP contribution in [-0.2, 0) is 4.74 Å². The van der Waals surface area contributed by atoms with Crippen molar-refractivity contribution in [3.8, 4) is 11.5 Å². The number of rotatable bonds is 7. The first-order valence-electron chi connectivity index (χ1n) is 6.71. The number of benzene rings is 1. The minimum Gasteiger partial charge on any atom is -0.493 e. The van der Waals surface area contributed by atoms with E-state index in [0.717, 1.165) is 12.2 Å². The molecule has 2 N–H and O–H groups in total. The summed E-state index contributed by atoms with van der Waals surface area (Å²) in [6, 6.07) is 5.44. The summed E-state index contributed by atoms with van der Waals surface area (Å²) in [7, 11) is 0. The van der Waals surface area contributed by atoms with Crippen LogP contribution in [0.4, 0.5) is 5.69 Å². The molecule has 0 amide bonds. The van der Waals surface area contributed by atoms with Gasteiger partial charge in [0.05, 0.1) is 18.8 Å². The lowest BCUT2D eigenvalue weighted by Crippen LogP contribution is -2.22. The molecule has 19 heavy (non-hydrogen) atoms. The molecule has 0 aliphatic heterocycles. The lowest BCUT2D eigenvalue weighted by atomic mass is 10.2. The summed E-state index contributed by atoms with van der Waals surface area (Å²) in [4.78, 5) is 0. The van der Waals surface area contributed by atoms with E-state index in [-0.39, 0.29) is 5.60 Å². The van der Waals surface area contributed by atoms with E-state index in [1.54, 1.807) is 12.1 Å². The van der Waals surface area contributed by atoms with Gasteiger partial charge in [0.1, 0.15) is 18.1 Å². The lowest BCUT2D eigenvalue weighted by Gasteiger charge is -2.19. The van der Waals surface area contributed by atoms with Gasteiger partial charge in [-0.15, -0.1) is 0 Å². The molecule has 0 saturated carbocycles. The minimum atomic E-state index is -0.144. The highest BCUT2D eigenvalue weighted by Crippen LogP contribution is 2.24. The minimum absolute atomic E-state index is 0.144. The third-order valence-electron chi connectivity index (χ3n) is 2.26. The molecule has 1 rings (SSSR count). The molecule has 0 bridgehead atoms. The molecular formula is C15H25NO3. The van der Waals surface area contributed by atoms with Crippen molar-refractivity contribution in [3.05, 3.63) is 18.2 Å². The Labute approximate surface area is 115 Å². The van der Waals surface area contributed by atoms with Crippen molar-refractivity contribution in [3.63, 3.8) is 0 Å². The first-order chi connectivity index (χ1) is 8.90. The average molecular weight is 267 g/mol. The monoisotopic (exact) mass is 267 g/mol. The van der Waals surface area contributed by atoms with E-state index in [2.05, 4.69) is 6.92 Å². The van der Waals surface area contributed by atoms with Crippen molar-refractivity contribution in [1.82, 2.24) is 0 Å². The summed E-state index contributed by atoms with van der Waals surface area (Å²) < 4.78 is 16.8. The molecule has 0 aliphatic rings. The zero-order valence-electron chi connectivity index (χ0n) is 12.4. The Morgan fingerprint density at radius 3 is 2.05 bits per heavy atom. The molecule has 1 aromatic rings. The number of hydrogen-bond acceptors (Lipinski definition) is 4. The normalized spacial score (nSPS) is 11.4. The molecule has 0 radical (unpaired) electrons. The van der Waals surface area contributed by atoms with Crippen molar-refractivity contribution in [2.24, 2.45) is 0 Å². The summed E-state index contributed by atoms with van der Waals surface area (Å²) in [5.74, 6) is 1.46. The molecule has 0 spiro atoms. The van der Waals surface area contributed by atoms with Gasteiger partial charge >= 0.3 is 0 Å². The van der Waals surface area contributed by atoms with E-state index >= 15 is 0 Å². The molecule has 0 fully saturated rings. The highest BCUT2D eigenvalue weighted by molar-refractivity contribution is 5.50. The fraction of sp³-hybridized carbons (Fsp3) is 0.600. The maximum atomic E-state index is 5.81. The van der Waals surface area contributed by atoms with E-state index in [0.29, 0.717) is 31.3 Å². The van der Waals surface area contributed by atoms with Gasteiger partial charge in [0.15, 0.2) is 0 Å². The van der Waals surface area contributed by atoms with Crippen LogP contribution in [0.15, 0.2) is 18.2 Å². The second kappa shape index (κ2) is 7.24. The molecule has 0 unspecified atom stereocenters. The molecule has 0 atom stereocenters. The summed E-state index contributed by atoms with van der Waals surface area (Å²) in [5, 5.41) is 0. The average Bonchev–Trinajstić information content (AvgIpc) is 2.30. The lowest BCUT2D eigenvalue weighted by molar-refractivity contribution is -0.0163. The molecule has 1 aromatic carbocycles. The van der Waals surface area contributed by atoms with E-state index in [4.69, 9.17) is 19.9 Å². The zero-order chi connectivity index (χ0) is 14.3. The van der Waals surface area contributed by atoms with E-state index < -0.39 is 0 Å². The van der Waals surface area contributed by atoms with Crippen molar-refractivity contribution in [2.45, 2.75) is 39.7 Å². The fourth-order valence-corrected chi connectivity index (χ4v) is 1.49. The maximum Gasteiger partial charge on any atom is 0.125 e. The Morgan fingerprint density at radius 1 is 0.947 bits per heavy atom. The number of hydrogen-bond donors (Lipinski definition) is 1. The van der Waals surface area contributed by atoms with Gasteiger partial charge in [-0.2, -0.15) is 0 Å². The quantitative estimate of drug-likeness (QED) is 0.608. The highest BCUT2D eigenvalue weighted by atomic mass is 16.5. The third kappa shape index (κ3) is 6.91. The van der Waals surface area contributed by atoms with E-state index in [1.165, 1.54) is 0 Å². The van der Waals surface area contributed by atoms with Crippen LogP contribution in [0.1, 0.15) is 34.1 Å². The number of ether oxygens (including phenoxy) is 3. The second-order valence-electron chi connectivity index (χ2n) is 5.40. The van der Waals surface area contributed by atoms with E-state index in [1.807, 2.05) is 26.8 Å². The predicted molar refractivity (Wildman–Crippen MR) is 77.8 cm³/mol. The van der Waals surface area contributed by atoms with Crippen LogP contribution in [0.3, 0.4) is 0 Å². The maximum absolute atomic E-state index is 5.81. The summed E-state index contributed by atoms with van der Waals surface area (Å²) in [5.41, 5.74) is 6.31. The standard InChI is InChI=1S/C15H25NO3/c1-5-6-17-13-9-12(16)10-14(11-13)18-7-8-19-15(2,3)4/h9-11H,5-8,16H2,1-4H3. The molecule has 0 aliphatic carbocycles. The first kappa shape index (κ1) is 15.6. The second-order valence-corrected chi connectivity index (χ2v) is 5.40. The predicted octanol–water partition coefficient (Wildman–Crippen LogP) is 3.25. The molecular weight excluding hydrogens is 242 g/mol. The fourth-order valence-electron chi connectivity index (χ4n) is 1.49. The Kier molecular flexibility index (Phi) is 5.96. The van der Waals surface area contributed by atoms with Crippen LogP contribution in [-0.4, -0.2) is 25.4 Å². The summed E-state index contributed by atoms with van der Waals surface area (Å²) in [6.45, 7) is 9.83. The van der Waals surface area contributed by atoms with Gasteiger partial charge < -0.3 is 19.9 Å². The van der Waals surface area contributed by atoms with E-state index in [9.17, 15) is 0 Å². The van der Waals surface area contributed by atoms with Crippen LogP contribution < -0.4 is 15.2 Å². The van der Waals surface area contributed by atoms with Crippen LogP contribution in [0.5, 0.6) is 11.5 Å². The van der Waals surface area contributed by atoms with Gasteiger partial charge in [-0.25, -0.2) is 0 Å². The Hall–Kier alpha value is -1.42. The van der Waals surface area contributed by atoms with Gasteiger partial charge in [0, 0.05) is 23.9 Å². The largest absolute Gasteiger partial charge is 0.493 e. The molecule has 4 nitrogen and oxygen atoms in total.